The van der Waals surface area contributed by atoms with E-state index < -0.39 is 0 Å². The summed E-state index contributed by atoms with van der Waals surface area (Å²) in [5.41, 5.74) is 10.5. The lowest BCUT2D eigenvalue weighted by molar-refractivity contribution is 1.18. The quantitative estimate of drug-likeness (QED) is 0.179. The third kappa shape index (κ3) is 4.38. The average molecular weight is 623 g/mol. The van der Waals surface area contributed by atoms with Crippen LogP contribution in [0.5, 0.6) is 0 Å². The molecule has 10 rings (SSSR count). The maximum absolute atomic E-state index is 5.16. The van der Waals surface area contributed by atoms with Gasteiger partial charge in [0.05, 0.1) is 16.7 Å². The Morgan fingerprint density at radius 3 is 1.55 bits per heavy atom. The lowest BCUT2D eigenvalue weighted by Gasteiger charge is -2.17. The number of hydrogen-bond acceptors (Lipinski definition) is 1. The molecule has 10 aromatic rings. The fraction of sp³-hybridized carbons (Fsp3) is 0. The zero-order valence-corrected chi connectivity index (χ0v) is 26.7. The van der Waals surface area contributed by atoms with Gasteiger partial charge in [0.2, 0.25) is 0 Å². The highest BCUT2D eigenvalue weighted by atomic mass is 15.0. The second-order valence-electron chi connectivity index (χ2n) is 12.8. The van der Waals surface area contributed by atoms with Crippen molar-refractivity contribution < 1.29 is 0 Å². The van der Waals surface area contributed by atoms with Crippen LogP contribution in [0.1, 0.15) is 0 Å². The highest BCUT2D eigenvalue weighted by molar-refractivity contribution is 6.21. The second-order valence-corrected chi connectivity index (χ2v) is 12.8. The zero-order valence-electron chi connectivity index (χ0n) is 26.7. The molecule has 2 aromatic heterocycles. The molecule has 0 atom stereocenters. The van der Waals surface area contributed by atoms with Gasteiger partial charge in [0.15, 0.2) is 0 Å². The lowest BCUT2D eigenvalue weighted by Crippen LogP contribution is -1.93. The average Bonchev–Trinajstić information content (AvgIpc) is 3.49. The van der Waals surface area contributed by atoms with Gasteiger partial charge in [-0.1, -0.05) is 133 Å². The van der Waals surface area contributed by atoms with E-state index in [0.717, 1.165) is 22.5 Å². The number of nitrogens with zero attached hydrogens (tertiary/aromatic N) is 2. The monoisotopic (exact) mass is 622 g/mol. The van der Waals surface area contributed by atoms with Crippen molar-refractivity contribution >= 4 is 54.1 Å². The van der Waals surface area contributed by atoms with Crippen LogP contribution in [-0.4, -0.2) is 9.55 Å². The summed E-state index contributed by atoms with van der Waals surface area (Å²) >= 11 is 0. The van der Waals surface area contributed by atoms with Gasteiger partial charge in [-0.25, -0.2) is 0 Å². The van der Waals surface area contributed by atoms with Crippen LogP contribution in [-0.2, 0) is 0 Å². The highest BCUT2D eigenvalue weighted by Gasteiger charge is 2.18. The molecule has 0 fully saturated rings. The van der Waals surface area contributed by atoms with Crippen LogP contribution in [0.25, 0.3) is 93.3 Å². The Labute approximate surface area is 284 Å². The van der Waals surface area contributed by atoms with E-state index in [1.165, 1.54) is 70.8 Å². The summed E-state index contributed by atoms with van der Waals surface area (Å²) < 4.78 is 2.39. The van der Waals surface area contributed by atoms with E-state index in [9.17, 15) is 0 Å². The van der Waals surface area contributed by atoms with Crippen molar-refractivity contribution in [2.75, 3.05) is 0 Å². The van der Waals surface area contributed by atoms with Crippen molar-refractivity contribution in [3.63, 3.8) is 0 Å². The first-order valence-electron chi connectivity index (χ1n) is 16.8. The van der Waals surface area contributed by atoms with Crippen molar-refractivity contribution in [2.24, 2.45) is 0 Å². The summed E-state index contributed by atoms with van der Waals surface area (Å²) in [5, 5.41) is 9.87. The van der Waals surface area contributed by atoms with Gasteiger partial charge in [-0.15, -0.1) is 0 Å². The molecule has 228 valence electrons. The first-order chi connectivity index (χ1) is 24.3. The van der Waals surface area contributed by atoms with Gasteiger partial charge in [-0.05, 0) is 91.5 Å². The van der Waals surface area contributed by atoms with Crippen LogP contribution in [0.15, 0.2) is 182 Å². The number of para-hydroxylation sites is 1. The minimum atomic E-state index is 0.976. The third-order valence-electron chi connectivity index (χ3n) is 9.99. The molecule has 0 bridgehead atoms. The first kappa shape index (κ1) is 27.6. The third-order valence-corrected chi connectivity index (χ3v) is 9.99. The minimum absolute atomic E-state index is 0.976. The fourth-order valence-electron chi connectivity index (χ4n) is 7.77. The van der Waals surface area contributed by atoms with Crippen LogP contribution in [0, 0.1) is 0 Å². The molecule has 0 unspecified atom stereocenters. The molecule has 0 amide bonds. The molecule has 2 heteroatoms. The van der Waals surface area contributed by atoms with E-state index in [4.69, 9.17) is 4.98 Å². The molecule has 0 aliphatic heterocycles. The summed E-state index contributed by atoms with van der Waals surface area (Å²) in [4.78, 5) is 5.16. The van der Waals surface area contributed by atoms with Crippen molar-refractivity contribution in [3.8, 4) is 39.2 Å². The summed E-state index contributed by atoms with van der Waals surface area (Å²) in [7, 11) is 0. The normalized spacial score (nSPS) is 11.7. The van der Waals surface area contributed by atoms with Crippen molar-refractivity contribution in [1.82, 2.24) is 9.55 Å². The molecule has 2 heterocycles. The Morgan fingerprint density at radius 1 is 0.347 bits per heavy atom. The highest BCUT2D eigenvalue weighted by Crippen LogP contribution is 2.43. The number of benzene rings is 8. The van der Waals surface area contributed by atoms with Gasteiger partial charge in [0, 0.05) is 33.8 Å². The minimum Gasteiger partial charge on any atom is -0.309 e. The maximum Gasteiger partial charge on any atom is 0.0714 e. The summed E-state index contributed by atoms with van der Waals surface area (Å²) in [5.74, 6) is 0. The van der Waals surface area contributed by atoms with E-state index in [1.54, 1.807) is 0 Å². The molecular weight excluding hydrogens is 593 g/mol. The molecule has 0 spiro atoms. The maximum atomic E-state index is 5.16. The SMILES string of the molecule is c1ccc(-c2c3ccccc3c(-c3ccc(-c4ccc5c(c4)c4cc6ccccc6cc4n5-c4ccccc4)cn3)c3ccccc23)cc1. The van der Waals surface area contributed by atoms with E-state index in [2.05, 4.69) is 180 Å². The van der Waals surface area contributed by atoms with Gasteiger partial charge in [-0.3, -0.25) is 4.98 Å². The van der Waals surface area contributed by atoms with Crippen LogP contribution in [0.4, 0.5) is 0 Å². The van der Waals surface area contributed by atoms with Crippen LogP contribution in [0.3, 0.4) is 0 Å². The Kier molecular flexibility index (Phi) is 6.22. The predicted molar refractivity (Wildman–Crippen MR) is 207 cm³/mol. The Hall–Kier alpha value is -6.51. The van der Waals surface area contributed by atoms with Crippen molar-refractivity contribution in [3.05, 3.63) is 182 Å². The zero-order chi connectivity index (χ0) is 32.3. The lowest BCUT2D eigenvalue weighted by atomic mass is 9.87. The molecule has 0 aliphatic carbocycles. The van der Waals surface area contributed by atoms with Crippen molar-refractivity contribution in [1.29, 1.82) is 0 Å². The van der Waals surface area contributed by atoms with Gasteiger partial charge in [0.1, 0.15) is 0 Å². The van der Waals surface area contributed by atoms with Gasteiger partial charge >= 0.3 is 0 Å². The molecule has 49 heavy (non-hydrogen) atoms. The summed E-state index contributed by atoms with van der Waals surface area (Å²) in [6.45, 7) is 0. The Balaban J connectivity index is 1.15. The smallest absolute Gasteiger partial charge is 0.0714 e. The van der Waals surface area contributed by atoms with Gasteiger partial charge in [0.25, 0.3) is 0 Å². The standard InChI is InChI=1S/C47H30N2/c1-3-13-31(14-4-1)46-37-19-9-11-21-39(37)47(40-22-12-10-20-38(40)46)43-25-23-35(30-48-43)34-24-26-44-41(28-34)42-27-32-15-7-8-16-33(32)29-45(42)49(44)36-17-5-2-6-18-36/h1-30H. The van der Waals surface area contributed by atoms with E-state index >= 15 is 0 Å². The molecule has 0 saturated heterocycles. The molecule has 0 aliphatic rings. The second kappa shape index (κ2) is 11.0. The fourth-order valence-corrected chi connectivity index (χ4v) is 7.77. The van der Waals surface area contributed by atoms with E-state index in [1.807, 2.05) is 6.20 Å². The van der Waals surface area contributed by atoms with Gasteiger partial charge in [-0.2, -0.15) is 0 Å². The Morgan fingerprint density at radius 2 is 0.898 bits per heavy atom. The van der Waals surface area contributed by atoms with Crippen molar-refractivity contribution in [2.45, 2.75) is 0 Å². The van der Waals surface area contributed by atoms with Crippen LogP contribution in [0.2, 0.25) is 0 Å². The first-order valence-corrected chi connectivity index (χ1v) is 16.8. The van der Waals surface area contributed by atoms with Gasteiger partial charge < -0.3 is 4.57 Å². The number of hydrogen-bond donors (Lipinski definition) is 0. The van der Waals surface area contributed by atoms with Crippen LogP contribution >= 0.6 is 0 Å². The summed E-state index contributed by atoms with van der Waals surface area (Å²) in [6, 6.07) is 63.4. The molecule has 0 N–H and O–H groups in total. The molecule has 2 nitrogen and oxygen atoms in total. The molecule has 0 saturated carbocycles. The van der Waals surface area contributed by atoms with E-state index in [-0.39, 0.29) is 0 Å². The Bertz CT molecular complexity index is 2790. The largest absolute Gasteiger partial charge is 0.309 e. The number of fused-ring (bicyclic) bond motifs is 6. The number of rotatable bonds is 4. The topological polar surface area (TPSA) is 17.8 Å². The number of pyridine rings is 1. The van der Waals surface area contributed by atoms with Crippen LogP contribution < -0.4 is 0 Å². The predicted octanol–water partition coefficient (Wildman–Crippen LogP) is 12.6. The molecular formula is C47H30N2. The van der Waals surface area contributed by atoms with E-state index in [0.29, 0.717) is 0 Å². The molecule has 0 radical (unpaired) electrons. The summed E-state index contributed by atoms with van der Waals surface area (Å²) in [6.07, 6.45) is 2.04. The number of aromatic nitrogens is 2. The molecule has 8 aromatic carbocycles.